The number of fused-ring (bicyclic) bond motifs is 27. The maximum absolute atomic E-state index is 6.57. The molecule has 7 heterocycles. The van der Waals surface area contributed by atoms with Gasteiger partial charge in [-0.3, -0.25) is 0 Å². The fourth-order valence-electron chi connectivity index (χ4n) is 23.2. The third-order valence-electron chi connectivity index (χ3n) is 28.9. The van der Waals surface area contributed by atoms with Gasteiger partial charge in [-0.15, -0.1) is 0 Å². The molecule has 586 valence electrons. The smallest absolute Gasteiger partial charge is 0.143 e. The van der Waals surface area contributed by atoms with Crippen molar-refractivity contribution in [3.63, 3.8) is 0 Å². The number of furan rings is 1. The Balaban J connectivity index is 0.591. The number of para-hydroxylation sites is 2. The van der Waals surface area contributed by atoms with Gasteiger partial charge in [-0.1, -0.05) is 261 Å². The van der Waals surface area contributed by atoms with Crippen molar-refractivity contribution in [1.82, 2.24) is 13.2 Å². The van der Waals surface area contributed by atoms with Gasteiger partial charge >= 0.3 is 0 Å². The van der Waals surface area contributed by atoms with E-state index in [9.17, 15) is 0 Å². The lowest BCUT2D eigenvalue weighted by Crippen LogP contribution is -1.91. The van der Waals surface area contributed by atoms with Crippen LogP contribution in [0.2, 0.25) is 0 Å². The molecule has 0 amide bonds. The van der Waals surface area contributed by atoms with Crippen LogP contribution in [0.3, 0.4) is 0 Å². The van der Waals surface area contributed by atoms with Crippen LogP contribution in [0.15, 0.2) is 393 Å². The van der Waals surface area contributed by atoms with E-state index in [1.807, 2.05) is 6.07 Å². The summed E-state index contributed by atoms with van der Waals surface area (Å²) in [4.78, 5) is 0. The second-order valence-corrected chi connectivity index (χ2v) is 36.0. The molecule has 4 nitrogen and oxygen atoms in total. The van der Waals surface area contributed by atoms with Crippen LogP contribution in [0.25, 0.3) is 290 Å². The van der Waals surface area contributed by atoms with Gasteiger partial charge in [-0.25, -0.2) is 0 Å². The van der Waals surface area contributed by atoms with Crippen molar-refractivity contribution in [3.05, 3.63) is 405 Å². The first-order valence-electron chi connectivity index (χ1n) is 44.3. The van der Waals surface area contributed by atoms with E-state index in [1.165, 1.54) is 273 Å². The Kier molecular flexibility index (Phi) is 13.8. The summed E-state index contributed by atoms with van der Waals surface area (Å²) in [6, 6.07) is 148. The average molecular weight is 1610 g/mol. The van der Waals surface area contributed by atoms with E-state index in [0.717, 1.165) is 33.1 Å². The van der Waals surface area contributed by atoms with Crippen molar-refractivity contribution < 1.29 is 4.42 Å². The molecule has 0 bridgehead atoms. The molecule has 0 unspecified atom stereocenters. The van der Waals surface area contributed by atoms with E-state index in [1.54, 1.807) is 0 Å². The lowest BCUT2D eigenvalue weighted by Gasteiger charge is -2.14. The van der Waals surface area contributed by atoms with Crippen LogP contribution in [0.4, 0.5) is 0 Å². The Labute approximate surface area is 728 Å². The van der Waals surface area contributed by atoms with Gasteiger partial charge in [0.1, 0.15) is 11.2 Å². The lowest BCUT2D eigenvalue weighted by molar-refractivity contribution is 0.670. The lowest BCUT2D eigenvalue weighted by atomic mass is 9.89. The van der Waals surface area contributed by atoms with Crippen molar-refractivity contribution in [2.45, 2.75) is 20.8 Å². The van der Waals surface area contributed by atoms with Crippen molar-refractivity contribution in [1.29, 1.82) is 0 Å². The molecule has 0 fully saturated rings. The molecule has 22 aromatic carbocycles. The molecular formula is C123H73N3O. The number of hydrogen-bond acceptors (Lipinski definition) is 1. The maximum atomic E-state index is 6.57. The first-order valence-corrected chi connectivity index (χ1v) is 44.3. The topological polar surface area (TPSA) is 26.4 Å². The standard InChI is InChI=1S/C123H73N3O/c1-68-45-79(71-19-6-4-7-20-71)43-44-92(68)90-56-108-101-51-76-24-11-13-26-78(76)61-113(101)124-114-62-82-41-39-80(48-87(82)52-102(114)109(57-90)121(108)124)81-40-42-83-63-115-103(53-88(83)49-81)110-58-91(119-69(2)46-86(47-70(119)3)72-21-8-5-9-22-72)59-111-105-67-99-85(65-117(105)126(115)122(110)111)28-17-32-95(99)94-31-16-27-84-64-116-104(66-98(84)94)107-55-89(54-106-100-50-75-23-10-12-25-77(75)60-112(100)125(116)120(106)107)73-35-37-74(38-36-73)93-30-18-33-97-96-29-14-15-34-118(96)127-123(93)97/h4-67H,1-3H3. The van der Waals surface area contributed by atoms with Crippen LogP contribution in [-0.4, -0.2) is 13.2 Å². The van der Waals surface area contributed by atoms with Gasteiger partial charge in [0.05, 0.1) is 49.7 Å². The summed E-state index contributed by atoms with van der Waals surface area (Å²) in [6.07, 6.45) is 0. The number of rotatable bonds is 8. The van der Waals surface area contributed by atoms with Crippen molar-refractivity contribution >= 4 is 201 Å². The van der Waals surface area contributed by atoms with E-state index in [-0.39, 0.29) is 0 Å². The molecule has 0 saturated carbocycles. The van der Waals surface area contributed by atoms with Gasteiger partial charge in [0, 0.05) is 81.0 Å². The number of hydrogen-bond donors (Lipinski definition) is 0. The second kappa shape index (κ2) is 25.4. The Morgan fingerprint density at radius 2 is 0.504 bits per heavy atom. The minimum Gasteiger partial charge on any atom is -0.455 e. The Bertz CT molecular complexity index is 9900. The molecule has 4 heteroatoms. The monoisotopic (exact) mass is 1610 g/mol. The zero-order valence-electron chi connectivity index (χ0n) is 69.7. The molecule has 29 rings (SSSR count). The highest BCUT2D eigenvalue weighted by atomic mass is 16.3. The number of benzene rings is 22. The highest BCUT2D eigenvalue weighted by molar-refractivity contribution is 6.32. The van der Waals surface area contributed by atoms with Crippen LogP contribution in [0.5, 0.6) is 0 Å². The normalized spacial score (nSPS) is 12.5. The summed E-state index contributed by atoms with van der Waals surface area (Å²) in [5.41, 5.74) is 36.0. The third kappa shape index (κ3) is 9.81. The predicted molar refractivity (Wildman–Crippen MR) is 540 cm³/mol. The Morgan fingerprint density at radius 1 is 0.165 bits per heavy atom. The highest BCUT2D eigenvalue weighted by Gasteiger charge is 2.28. The van der Waals surface area contributed by atoms with Gasteiger partial charge in [0.15, 0.2) is 0 Å². The molecule has 0 spiro atoms. The van der Waals surface area contributed by atoms with Crippen LogP contribution in [-0.2, 0) is 0 Å². The summed E-state index contributed by atoms with van der Waals surface area (Å²) in [5.74, 6) is 0. The molecule has 0 N–H and O–H groups in total. The fraction of sp³-hybridized carbons (Fsp3) is 0.0244. The molecular weight excluding hydrogens is 1540 g/mol. The average Bonchev–Trinajstić information content (AvgIpc) is 1.54. The largest absolute Gasteiger partial charge is 0.455 e. The molecule has 0 aliphatic heterocycles. The molecule has 0 radical (unpaired) electrons. The van der Waals surface area contributed by atoms with Gasteiger partial charge < -0.3 is 17.6 Å². The SMILES string of the molecule is Cc1cc(-c2ccccc2)ccc1-c1cc2c3cc4ccccc4cc3n3c4cc5ccc(-c6ccc7cc8c(cc7c6)c6cc(-c7c(C)cc(-c9ccccc9)cc7C)cc7c9cc%10c(-c%11cccc%12cc%13c(cc%11%12)c%11cc(-c%12ccc(-c%14cccc%15c%14oc%14ccccc%14%15)cc%12)cc%12c%14cc%15ccccc%15cc%14n%13c%12%11)cccc%10cc9n8c67)cc5cc4c(c1)c23. The summed E-state index contributed by atoms with van der Waals surface area (Å²) in [7, 11) is 0. The zero-order chi connectivity index (χ0) is 83.0. The van der Waals surface area contributed by atoms with Gasteiger partial charge in [0.2, 0.25) is 0 Å². The fourth-order valence-corrected chi connectivity index (χ4v) is 23.2. The molecule has 0 atom stereocenters. The highest BCUT2D eigenvalue weighted by Crippen LogP contribution is 2.52. The third-order valence-corrected chi connectivity index (χ3v) is 28.9. The van der Waals surface area contributed by atoms with Crippen LogP contribution < -0.4 is 0 Å². The number of aryl methyl sites for hydroxylation is 3. The van der Waals surface area contributed by atoms with E-state index in [0.29, 0.717) is 0 Å². The zero-order valence-corrected chi connectivity index (χ0v) is 69.7. The van der Waals surface area contributed by atoms with Crippen LogP contribution in [0.1, 0.15) is 16.7 Å². The minimum absolute atomic E-state index is 0.905. The predicted octanol–water partition coefficient (Wildman–Crippen LogP) is 34.2. The van der Waals surface area contributed by atoms with Crippen molar-refractivity contribution in [2.24, 2.45) is 0 Å². The summed E-state index contributed by atoms with van der Waals surface area (Å²) >= 11 is 0. The van der Waals surface area contributed by atoms with Crippen LogP contribution >= 0.6 is 0 Å². The minimum atomic E-state index is 0.905. The molecule has 0 aliphatic carbocycles. The van der Waals surface area contributed by atoms with E-state index < -0.39 is 0 Å². The molecule has 0 saturated heterocycles. The maximum Gasteiger partial charge on any atom is 0.143 e. The summed E-state index contributed by atoms with van der Waals surface area (Å²) in [5, 5.41) is 32.1. The quantitative estimate of drug-likeness (QED) is 0.149. The molecule has 0 aliphatic rings. The summed E-state index contributed by atoms with van der Waals surface area (Å²) < 4.78 is 14.3. The van der Waals surface area contributed by atoms with Crippen molar-refractivity contribution in [3.8, 4) is 89.0 Å². The Morgan fingerprint density at radius 3 is 1.01 bits per heavy atom. The van der Waals surface area contributed by atoms with Gasteiger partial charge in [-0.05, 0) is 313 Å². The first-order chi connectivity index (χ1) is 62.6. The van der Waals surface area contributed by atoms with Gasteiger partial charge in [-0.2, -0.15) is 0 Å². The van der Waals surface area contributed by atoms with E-state index >= 15 is 0 Å². The molecule has 29 aromatic rings. The first kappa shape index (κ1) is 69.2. The second-order valence-electron chi connectivity index (χ2n) is 36.0. The Hall–Kier alpha value is -16.4. The van der Waals surface area contributed by atoms with E-state index in [4.69, 9.17) is 4.42 Å². The van der Waals surface area contributed by atoms with Crippen molar-refractivity contribution in [2.75, 3.05) is 0 Å². The summed E-state index contributed by atoms with van der Waals surface area (Å²) in [6.45, 7) is 6.88. The molecule has 127 heavy (non-hydrogen) atoms. The number of nitrogens with zero attached hydrogens (tertiary/aromatic N) is 3. The van der Waals surface area contributed by atoms with Crippen LogP contribution in [0, 0.1) is 20.8 Å². The molecule has 7 aromatic heterocycles. The van der Waals surface area contributed by atoms with Gasteiger partial charge in [0.25, 0.3) is 0 Å². The number of aromatic nitrogens is 3. The van der Waals surface area contributed by atoms with E-state index in [2.05, 4.69) is 416 Å².